The number of amides is 1. The molecule has 2 aromatic carbocycles. The Hall–Kier alpha value is -4.06. The topological polar surface area (TPSA) is 60.8 Å². The first-order valence-corrected chi connectivity index (χ1v) is 11.5. The monoisotopic (exact) mass is 470 g/mol. The molecule has 2 heterocycles. The molecule has 180 valence electrons. The number of methoxy groups -OCH3 is 2. The molecule has 35 heavy (non-hydrogen) atoms. The van der Waals surface area contributed by atoms with Crippen LogP contribution in [0, 0.1) is 20.8 Å². The number of ether oxygens (including phenoxy) is 2. The van der Waals surface area contributed by atoms with Crippen LogP contribution in [0.5, 0.6) is 5.75 Å². The second kappa shape index (κ2) is 9.66. The normalized spacial score (nSPS) is 14.7. The summed E-state index contributed by atoms with van der Waals surface area (Å²) in [6.07, 6.45) is 1.81. The molecule has 6 nitrogen and oxygen atoms in total. The minimum atomic E-state index is -0.521. The zero-order valence-electron chi connectivity index (χ0n) is 21.0. The lowest BCUT2D eigenvalue weighted by molar-refractivity contribution is -0.136. The van der Waals surface area contributed by atoms with Crippen LogP contribution in [-0.4, -0.2) is 35.6 Å². The number of hydrogen-bond acceptors (Lipinski definition) is 4. The highest BCUT2D eigenvalue weighted by Crippen LogP contribution is 2.34. The fraction of sp³-hybridized carbons (Fsp3) is 0.241. The molecule has 1 aliphatic heterocycles. The summed E-state index contributed by atoms with van der Waals surface area (Å²) >= 11 is 0. The lowest BCUT2D eigenvalue weighted by atomic mass is 10.0. The van der Waals surface area contributed by atoms with Gasteiger partial charge in [0.1, 0.15) is 5.75 Å². The highest BCUT2D eigenvalue weighted by molar-refractivity contribution is 6.16. The quantitative estimate of drug-likeness (QED) is 0.363. The summed E-state index contributed by atoms with van der Waals surface area (Å²) in [5.41, 5.74) is 7.29. The number of aryl methyl sites for hydroxylation is 2. The van der Waals surface area contributed by atoms with E-state index in [1.54, 1.807) is 25.0 Å². The zero-order valence-corrected chi connectivity index (χ0v) is 21.0. The minimum Gasteiger partial charge on any atom is -0.497 e. The van der Waals surface area contributed by atoms with Crippen molar-refractivity contribution in [1.29, 1.82) is 0 Å². The van der Waals surface area contributed by atoms with Crippen molar-refractivity contribution >= 4 is 18.0 Å². The standard InChI is InChI=1S/C29H30N2O4/c1-18-8-7-9-24(14-18)31-19(2)15-23(20(31)3)16-26-27(29(33)35-6)21(4)30(28(26)32)17-22-10-12-25(34-5)13-11-22/h7-16H,17H2,1-6H3/b26-16-. The number of rotatable bonds is 6. The number of carbonyl (C=O) groups excluding carboxylic acids is 2. The summed E-state index contributed by atoms with van der Waals surface area (Å²) in [5.74, 6) is -0.000497. The number of esters is 1. The van der Waals surface area contributed by atoms with Gasteiger partial charge in [0.25, 0.3) is 5.91 Å². The van der Waals surface area contributed by atoms with Crippen molar-refractivity contribution < 1.29 is 19.1 Å². The molecule has 0 fully saturated rings. The van der Waals surface area contributed by atoms with Crippen LogP contribution in [0.1, 0.15) is 35.0 Å². The molecular weight excluding hydrogens is 440 g/mol. The maximum atomic E-state index is 13.6. The summed E-state index contributed by atoms with van der Waals surface area (Å²) in [6, 6.07) is 17.8. The molecule has 0 N–H and O–H groups in total. The summed E-state index contributed by atoms with van der Waals surface area (Å²) in [4.78, 5) is 27.9. The van der Waals surface area contributed by atoms with E-state index < -0.39 is 5.97 Å². The molecule has 0 saturated carbocycles. The number of allylic oxidation sites excluding steroid dienone is 1. The van der Waals surface area contributed by atoms with Gasteiger partial charge in [0, 0.05) is 22.8 Å². The van der Waals surface area contributed by atoms with Gasteiger partial charge in [-0.3, -0.25) is 4.79 Å². The van der Waals surface area contributed by atoms with Gasteiger partial charge in [-0.15, -0.1) is 0 Å². The van der Waals surface area contributed by atoms with E-state index in [2.05, 4.69) is 29.7 Å². The Morgan fingerprint density at radius 1 is 0.971 bits per heavy atom. The van der Waals surface area contributed by atoms with Crippen molar-refractivity contribution in [2.45, 2.75) is 34.2 Å². The zero-order chi connectivity index (χ0) is 25.3. The largest absolute Gasteiger partial charge is 0.497 e. The van der Waals surface area contributed by atoms with Crippen molar-refractivity contribution in [3.8, 4) is 11.4 Å². The predicted octanol–water partition coefficient (Wildman–Crippen LogP) is 5.28. The van der Waals surface area contributed by atoms with Crippen molar-refractivity contribution in [2.75, 3.05) is 14.2 Å². The Balaban J connectivity index is 1.75. The number of nitrogens with zero attached hydrogens (tertiary/aromatic N) is 2. The van der Waals surface area contributed by atoms with Gasteiger partial charge in [0.05, 0.1) is 31.9 Å². The van der Waals surface area contributed by atoms with Gasteiger partial charge >= 0.3 is 5.97 Å². The molecule has 0 saturated heterocycles. The first kappa shape index (κ1) is 24.1. The first-order valence-electron chi connectivity index (χ1n) is 11.5. The van der Waals surface area contributed by atoms with Crippen LogP contribution in [0.25, 0.3) is 11.8 Å². The van der Waals surface area contributed by atoms with Crippen LogP contribution in [0.4, 0.5) is 0 Å². The second-order valence-electron chi connectivity index (χ2n) is 8.75. The molecule has 3 aromatic rings. The lowest BCUT2D eigenvalue weighted by Crippen LogP contribution is -2.24. The number of aromatic nitrogens is 1. The smallest absolute Gasteiger partial charge is 0.340 e. The van der Waals surface area contributed by atoms with Crippen molar-refractivity contribution in [1.82, 2.24) is 9.47 Å². The van der Waals surface area contributed by atoms with Gasteiger partial charge in [-0.25, -0.2) is 4.79 Å². The Bertz CT molecular complexity index is 1360. The van der Waals surface area contributed by atoms with E-state index in [1.807, 2.05) is 50.2 Å². The number of carbonyl (C=O) groups is 2. The molecule has 1 aliphatic rings. The van der Waals surface area contributed by atoms with Crippen LogP contribution in [0.3, 0.4) is 0 Å². The van der Waals surface area contributed by atoms with Gasteiger partial charge in [0.15, 0.2) is 0 Å². The summed E-state index contributed by atoms with van der Waals surface area (Å²) in [5, 5.41) is 0. The molecule has 0 radical (unpaired) electrons. The Kier molecular flexibility index (Phi) is 6.65. The van der Waals surface area contributed by atoms with E-state index >= 15 is 0 Å². The molecule has 0 unspecified atom stereocenters. The van der Waals surface area contributed by atoms with Crippen LogP contribution in [0.15, 0.2) is 71.4 Å². The molecule has 1 aromatic heterocycles. The van der Waals surface area contributed by atoms with Crippen molar-refractivity contribution in [2.24, 2.45) is 0 Å². The minimum absolute atomic E-state index is 0.223. The second-order valence-corrected chi connectivity index (χ2v) is 8.75. The highest BCUT2D eigenvalue weighted by atomic mass is 16.5. The van der Waals surface area contributed by atoms with E-state index in [0.717, 1.165) is 34.0 Å². The first-order chi connectivity index (χ1) is 16.7. The molecule has 6 heteroatoms. The van der Waals surface area contributed by atoms with Gasteiger partial charge in [0.2, 0.25) is 0 Å². The average Bonchev–Trinajstić information content (AvgIpc) is 3.25. The van der Waals surface area contributed by atoms with Gasteiger partial charge in [-0.2, -0.15) is 0 Å². The molecule has 0 bridgehead atoms. The van der Waals surface area contributed by atoms with Crippen LogP contribution >= 0.6 is 0 Å². The molecule has 1 amide bonds. The van der Waals surface area contributed by atoms with E-state index in [9.17, 15) is 9.59 Å². The van der Waals surface area contributed by atoms with Crippen molar-refractivity contribution in [3.05, 3.63) is 99.5 Å². The van der Waals surface area contributed by atoms with E-state index in [4.69, 9.17) is 9.47 Å². The van der Waals surface area contributed by atoms with Crippen LogP contribution < -0.4 is 4.74 Å². The fourth-order valence-electron chi connectivity index (χ4n) is 4.59. The van der Waals surface area contributed by atoms with Crippen LogP contribution in [-0.2, 0) is 20.9 Å². The number of hydrogen-bond donors (Lipinski definition) is 0. The Labute approximate surface area is 206 Å². The third-order valence-corrected chi connectivity index (χ3v) is 6.43. The molecule has 0 atom stereocenters. The van der Waals surface area contributed by atoms with Crippen LogP contribution in [0.2, 0.25) is 0 Å². The summed E-state index contributed by atoms with van der Waals surface area (Å²) < 4.78 is 12.4. The van der Waals surface area contributed by atoms with E-state index in [-0.39, 0.29) is 5.91 Å². The Morgan fingerprint density at radius 2 is 1.69 bits per heavy atom. The fourth-order valence-corrected chi connectivity index (χ4v) is 4.59. The molecule has 0 spiro atoms. The highest BCUT2D eigenvalue weighted by Gasteiger charge is 2.37. The van der Waals surface area contributed by atoms with E-state index in [0.29, 0.717) is 23.4 Å². The van der Waals surface area contributed by atoms with E-state index in [1.165, 1.54) is 12.7 Å². The van der Waals surface area contributed by atoms with Gasteiger partial charge < -0.3 is 18.9 Å². The summed E-state index contributed by atoms with van der Waals surface area (Å²) in [6.45, 7) is 8.24. The molecular formula is C29H30N2O4. The average molecular weight is 471 g/mol. The maximum Gasteiger partial charge on any atom is 0.340 e. The van der Waals surface area contributed by atoms with Gasteiger partial charge in [-0.05, 0) is 80.8 Å². The van der Waals surface area contributed by atoms with Crippen molar-refractivity contribution in [3.63, 3.8) is 0 Å². The lowest BCUT2D eigenvalue weighted by Gasteiger charge is -2.18. The number of benzene rings is 2. The third-order valence-electron chi connectivity index (χ3n) is 6.43. The summed E-state index contributed by atoms with van der Waals surface area (Å²) in [7, 11) is 2.95. The third kappa shape index (κ3) is 4.52. The SMILES string of the molecule is COC(=O)C1=C(C)N(Cc2ccc(OC)cc2)C(=O)/C1=C\c1cc(C)n(-c2cccc(C)c2)c1C. The van der Waals surface area contributed by atoms with Gasteiger partial charge in [-0.1, -0.05) is 24.3 Å². The molecule has 4 rings (SSSR count). The molecule has 0 aliphatic carbocycles. The Morgan fingerprint density at radius 3 is 2.31 bits per heavy atom. The predicted molar refractivity (Wildman–Crippen MR) is 136 cm³/mol. The maximum absolute atomic E-state index is 13.6.